The van der Waals surface area contributed by atoms with Crippen molar-refractivity contribution in [1.29, 1.82) is 0 Å². The van der Waals surface area contributed by atoms with Crippen molar-refractivity contribution in [2.45, 2.75) is 69.6 Å². The van der Waals surface area contributed by atoms with Gasteiger partial charge in [0.1, 0.15) is 11.4 Å². The predicted octanol–water partition coefficient (Wildman–Crippen LogP) is 2.63. The molecule has 0 radical (unpaired) electrons. The predicted molar refractivity (Wildman–Crippen MR) is 143 cm³/mol. The molecule has 1 saturated heterocycles. The Morgan fingerprint density at radius 3 is 2.65 bits per heavy atom. The number of sulfonamides is 1. The van der Waals surface area contributed by atoms with Crippen molar-refractivity contribution in [3.63, 3.8) is 0 Å². The molecule has 1 aromatic carbocycles. The second-order valence-corrected chi connectivity index (χ2v) is 12.3. The van der Waals surface area contributed by atoms with Crippen LogP contribution in [0.2, 0.25) is 0 Å². The normalized spacial score (nSPS) is 22.1. The van der Waals surface area contributed by atoms with Crippen LogP contribution in [0.3, 0.4) is 0 Å². The molecule has 1 spiro atoms. The van der Waals surface area contributed by atoms with E-state index in [0.717, 1.165) is 48.0 Å². The molecular formula is C27H36N4O5S. The number of hydrogen-bond acceptors (Lipinski definition) is 6. The number of aromatic nitrogens is 1. The fourth-order valence-corrected chi connectivity index (χ4v) is 6.96. The molecule has 1 saturated carbocycles. The van der Waals surface area contributed by atoms with Crippen LogP contribution in [0, 0.1) is 5.92 Å². The standard InChI is InChI=1S/C27H36N4O5S/c32-19-22(33)9-14-30-15-10-23-20(7-4-8-24(23)30)11-18-37(35,36)31-16-12-27(13-17-31)26(34)28-25(29-27)21-5-2-1-3-6-21/h4,7-8,10-11,15,18,21-22,32-33H,1-3,5-6,9,12-14,16-17,19H2,(H,28,29,34)/b18-11+. The van der Waals surface area contributed by atoms with Gasteiger partial charge in [0, 0.05) is 48.1 Å². The van der Waals surface area contributed by atoms with Crippen molar-refractivity contribution in [3.05, 3.63) is 41.4 Å². The lowest BCUT2D eigenvalue weighted by molar-refractivity contribution is -0.125. The molecule has 0 bridgehead atoms. The topological polar surface area (TPSA) is 124 Å². The Balaban J connectivity index is 1.26. The lowest BCUT2D eigenvalue weighted by Crippen LogP contribution is -2.50. The van der Waals surface area contributed by atoms with Crippen molar-refractivity contribution in [1.82, 2.24) is 14.2 Å². The summed E-state index contributed by atoms with van der Waals surface area (Å²) in [4.78, 5) is 17.7. The smallest absolute Gasteiger partial charge is 0.253 e. The number of amides is 1. The van der Waals surface area contributed by atoms with Crippen molar-refractivity contribution in [2.75, 3.05) is 19.7 Å². The molecule has 37 heavy (non-hydrogen) atoms. The Morgan fingerprint density at radius 2 is 1.92 bits per heavy atom. The molecule has 1 aliphatic carbocycles. The minimum Gasteiger partial charge on any atom is -0.394 e. The Kier molecular flexibility index (Phi) is 7.53. The first kappa shape index (κ1) is 26.1. The first-order valence-electron chi connectivity index (χ1n) is 13.3. The van der Waals surface area contributed by atoms with Gasteiger partial charge < -0.3 is 20.1 Å². The SMILES string of the molecule is O=C1NC(C2CCCCC2)=NC12CCN(S(=O)(=O)/C=C/c1cccc3c1ccn3CCC(O)CO)CC2. The highest BCUT2D eigenvalue weighted by atomic mass is 32.2. The molecular weight excluding hydrogens is 492 g/mol. The lowest BCUT2D eigenvalue weighted by Gasteiger charge is -2.34. The summed E-state index contributed by atoms with van der Waals surface area (Å²) in [6.07, 6.45) is 9.63. The largest absolute Gasteiger partial charge is 0.394 e. The van der Waals surface area contributed by atoms with Gasteiger partial charge in [-0.2, -0.15) is 4.31 Å². The number of carbonyl (C=O) groups excluding carboxylic acids is 1. The number of carbonyl (C=O) groups is 1. The van der Waals surface area contributed by atoms with E-state index in [1.165, 1.54) is 16.1 Å². The molecule has 1 aromatic heterocycles. The molecule has 2 aromatic rings. The molecule has 1 unspecified atom stereocenters. The second-order valence-electron chi connectivity index (χ2n) is 10.5. The van der Waals surface area contributed by atoms with Crippen molar-refractivity contribution in [3.8, 4) is 0 Å². The van der Waals surface area contributed by atoms with E-state index >= 15 is 0 Å². The number of piperidine rings is 1. The fraction of sp³-hybridized carbons (Fsp3) is 0.556. The molecule has 1 amide bonds. The number of fused-ring (bicyclic) bond motifs is 1. The van der Waals surface area contributed by atoms with Gasteiger partial charge in [-0.25, -0.2) is 8.42 Å². The maximum absolute atomic E-state index is 13.2. The summed E-state index contributed by atoms with van der Waals surface area (Å²) in [6.45, 7) is 0.788. The van der Waals surface area contributed by atoms with Gasteiger partial charge in [0.05, 0.1) is 12.7 Å². The lowest BCUT2D eigenvalue weighted by atomic mass is 9.88. The van der Waals surface area contributed by atoms with Crippen LogP contribution >= 0.6 is 0 Å². The summed E-state index contributed by atoms with van der Waals surface area (Å²) >= 11 is 0. The van der Waals surface area contributed by atoms with Gasteiger partial charge in [0.15, 0.2) is 0 Å². The van der Waals surface area contributed by atoms with E-state index in [2.05, 4.69) is 5.32 Å². The van der Waals surface area contributed by atoms with Gasteiger partial charge in [0.25, 0.3) is 5.91 Å². The van der Waals surface area contributed by atoms with Crippen molar-refractivity contribution < 1.29 is 23.4 Å². The number of aliphatic imine (C=N–C) groups is 1. The maximum Gasteiger partial charge on any atom is 0.253 e. The molecule has 2 aliphatic heterocycles. The molecule has 3 N–H and O–H groups in total. The maximum atomic E-state index is 13.2. The number of amidine groups is 1. The van der Waals surface area contributed by atoms with Crippen LogP contribution in [0.25, 0.3) is 17.0 Å². The van der Waals surface area contributed by atoms with E-state index in [-0.39, 0.29) is 25.6 Å². The second kappa shape index (κ2) is 10.7. The number of aliphatic hydroxyl groups is 2. The molecule has 5 rings (SSSR count). The molecule has 200 valence electrons. The number of hydrogen-bond donors (Lipinski definition) is 3. The Hall–Kier alpha value is -2.53. The zero-order chi connectivity index (χ0) is 26.0. The number of nitrogens with zero attached hydrogens (tertiary/aromatic N) is 3. The summed E-state index contributed by atoms with van der Waals surface area (Å²) in [7, 11) is -3.66. The van der Waals surface area contributed by atoms with Crippen LogP contribution in [0.15, 0.2) is 40.9 Å². The highest BCUT2D eigenvalue weighted by Gasteiger charge is 2.48. The molecule has 10 heteroatoms. The van der Waals surface area contributed by atoms with E-state index in [1.54, 1.807) is 6.08 Å². The van der Waals surface area contributed by atoms with Crippen LogP contribution in [-0.4, -0.2) is 70.6 Å². The van der Waals surface area contributed by atoms with E-state index < -0.39 is 21.7 Å². The van der Waals surface area contributed by atoms with Gasteiger partial charge in [-0.1, -0.05) is 31.4 Å². The average molecular weight is 529 g/mol. The third kappa shape index (κ3) is 5.38. The first-order chi connectivity index (χ1) is 17.8. The number of rotatable bonds is 8. The quantitative estimate of drug-likeness (QED) is 0.486. The van der Waals surface area contributed by atoms with Gasteiger partial charge in [-0.3, -0.25) is 9.79 Å². The van der Waals surface area contributed by atoms with Crippen molar-refractivity contribution in [2.24, 2.45) is 10.9 Å². The number of aliphatic hydroxyl groups excluding tert-OH is 2. The summed E-state index contributed by atoms with van der Waals surface area (Å²) < 4.78 is 29.7. The third-order valence-corrected chi connectivity index (χ3v) is 9.65. The Labute approximate surface area is 217 Å². The fourth-order valence-electron chi connectivity index (χ4n) is 5.77. The first-order valence-corrected chi connectivity index (χ1v) is 14.8. The minimum atomic E-state index is -3.66. The monoisotopic (exact) mass is 528 g/mol. The molecule has 2 fully saturated rings. The minimum absolute atomic E-state index is 0.0802. The third-order valence-electron chi connectivity index (χ3n) is 8.08. The van der Waals surface area contributed by atoms with Gasteiger partial charge in [-0.15, -0.1) is 0 Å². The van der Waals surface area contributed by atoms with E-state index in [4.69, 9.17) is 10.1 Å². The van der Waals surface area contributed by atoms with Crippen molar-refractivity contribution >= 4 is 38.7 Å². The number of benzene rings is 1. The average Bonchev–Trinajstić information content (AvgIpc) is 3.48. The summed E-state index contributed by atoms with van der Waals surface area (Å²) in [5.74, 6) is 1.05. The van der Waals surface area contributed by atoms with E-state index in [9.17, 15) is 18.3 Å². The van der Waals surface area contributed by atoms with E-state index in [1.807, 2.05) is 35.0 Å². The zero-order valence-corrected chi connectivity index (χ0v) is 21.9. The number of aryl methyl sites for hydroxylation is 1. The zero-order valence-electron chi connectivity index (χ0n) is 21.1. The highest BCUT2D eigenvalue weighted by molar-refractivity contribution is 7.92. The van der Waals surface area contributed by atoms with Gasteiger partial charge in [-0.05, 0) is 55.9 Å². The summed E-state index contributed by atoms with van der Waals surface area (Å²) in [5.41, 5.74) is 0.886. The molecule has 3 heterocycles. The van der Waals surface area contributed by atoms with Crippen LogP contribution in [0.5, 0.6) is 0 Å². The Morgan fingerprint density at radius 1 is 1.16 bits per heavy atom. The molecule has 9 nitrogen and oxygen atoms in total. The van der Waals surface area contributed by atoms with Crippen LogP contribution in [-0.2, 0) is 21.4 Å². The van der Waals surface area contributed by atoms with Crippen LogP contribution in [0.1, 0.15) is 56.9 Å². The van der Waals surface area contributed by atoms with E-state index in [0.29, 0.717) is 31.7 Å². The molecule has 1 atom stereocenters. The van der Waals surface area contributed by atoms with Gasteiger partial charge in [0.2, 0.25) is 10.0 Å². The summed E-state index contributed by atoms with van der Waals surface area (Å²) in [6, 6.07) is 7.62. The van der Waals surface area contributed by atoms with Crippen LogP contribution in [0.4, 0.5) is 0 Å². The highest BCUT2D eigenvalue weighted by Crippen LogP contribution is 2.35. The summed E-state index contributed by atoms with van der Waals surface area (Å²) in [5, 5.41) is 23.9. The molecule has 3 aliphatic rings. The Bertz CT molecular complexity index is 1300. The number of nitrogens with one attached hydrogen (secondary N) is 1. The van der Waals surface area contributed by atoms with Gasteiger partial charge >= 0.3 is 0 Å². The van der Waals surface area contributed by atoms with Crippen LogP contribution < -0.4 is 5.32 Å².